The van der Waals surface area contributed by atoms with Gasteiger partial charge in [0, 0.05) is 6.54 Å². The summed E-state index contributed by atoms with van der Waals surface area (Å²) in [6.45, 7) is 5.38. The van der Waals surface area contributed by atoms with E-state index in [1.165, 1.54) is 19.3 Å². The van der Waals surface area contributed by atoms with Crippen molar-refractivity contribution in [1.29, 1.82) is 0 Å². The summed E-state index contributed by atoms with van der Waals surface area (Å²) < 4.78 is 5.89. The maximum absolute atomic E-state index is 5.89. The van der Waals surface area contributed by atoms with Crippen LogP contribution in [0.25, 0.3) is 0 Å². The molecule has 2 heteroatoms. The highest BCUT2D eigenvalue weighted by Gasteiger charge is 2.37. The zero-order valence-corrected chi connectivity index (χ0v) is 7.39. The third kappa shape index (κ3) is 1.42. The molecule has 0 bridgehead atoms. The van der Waals surface area contributed by atoms with Crippen molar-refractivity contribution < 1.29 is 4.74 Å². The van der Waals surface area contributed by atoms with Gasteiger partial charge in [0.25, 0.3) is 0 Å². The number of rotatable bonds is 0. The molecule has 64 valence electrons. The van der Waals surface area contributed by atoms with Gasteiger partial charge in [0.2, 0.25) is 0 Å². The van der Waals surface area contributed by atoms with E-state index in [4.69, 9.17) is 4.74 Å². The van der Waals surface area contributed by atoms with Crippen LogP contribution >= 0.6 is 0 Å². The molecule has 1 saturated heterocycles. The number of nitrogens with one attached hydrogen (secondary N) is 1. The molecule has 2 fully saturated rings. The molecule has 1 aliphatic heterocycles. The van der Waals surface area contributed by atoms with Gasteiger partial charge in [0.1, 0.15) is 5.72 Å². The van der Waals surface area contributed by atoms with Gasteiger partial charge in [-0.25, -0.2) is 0 Å². The van der Waals surface area contributed by atoms with Gasteiger partial charge in [-0.3, -0.25) is 5.32 Å². The number of ether oxygens (including phenoxy) is 1. The topological polar surface area (TPSA) is 21.3 Å². The van der Waals surface area contributed by atoms with Crippen molar-refractivity contribution in [2.75, 3.05) is 6.54 Å². The summed E-state index contributed by atoms with van der Waals surface area (Å²) in [4.78, 5) is 0. The van der Waals surface area contributed by atoms with E-state index in [9.17, 15) is 0 Å². The molecule has 1 N–H and O–H groups in total. The lowest BCUT2D eigenvalue weighted by atomic mass is 10.0. The first-order valence-corrected chi connectivity index (χ1v) is 4.60. The van der Waals surface area contributed by atoms with Crippen LogP contribution in [-0.2, 0) is 4.74 Å². The van der Waals surface area contributed by atoms with E-state index in [1.54, 1.807) is 0 Å². The fourth-order valence-corrected chi connectivity index (χ4v) is 2.19. The Morgan fingerprint density at radius 1 is 1.36 bits per heavy atom. The van der Waals surface area contributed by atoms with Gasteiger partial charge in [0.15, 0.2) is 0 Å². The van der Waals surface area contributed by atoms with Crippen LogP contribution < -0.4 is 5.32 Å². The molecule has 2 aliphatic rings. The highest BCUT2D eigenvalue weighted by Crippen LogP contribution is 2.33. The SMILES string of the molecule is CC1(C)NCC2CCCC2O1. The molecule has 1 aliphatic carbocycles. The van der Waals surface area contributed by atoms with Crippen LogP contribution in [-0.4, -0.2) is 18.4 Å². The minimum Gasteiger partial charge on any atom is -0.358 e. The zero-order chi connectivity index (χ0) is 7.90. The van der Waals surface area contributed by atoms with Crippen LogP contribution in [0.2, 0.25) is 0 Å². The quantitative estimate of drug-likeness (QED) is 0.572. The summed E-state index contributed by atoms with van der Waals surface area (Å²) in [7, 11) is 0. The summed E-state index contributed by atoms with van der Waals surface area (Å²) in [5.74, 6) is 0.794. The van der Waals surface area contributed by atoms with Gasteiger partial charge in [-0.1, -0.05) is 6.42 Å². The largest absolute Gasteiger partial charge is 0.358 e. The highest BCUT2D eigenvalue weighted by molar-refractivity contribution is 4.87. The van der Waals surface area contributed by atoms with Gasteiger partial charge in [-0.2, -0.15) is 0 Å². The fraction of sp³-hybridized carbons (Fsp3) is 1.00. The Hall–Kier alpha value is -0.0800. The molecule has 0 aromatic carbocycles. The Balaban J connectivity index is 2.02. The normalized spacial score (nSPS) is 42.0. The second kappa shape index (κ2) is 2.46. The smallest absolute Gasteiger partial charge is 0.113 e. The Morgan fingerprint density at radius 2 is 2.18 bits per heavy atom. The third-order valence-corrected chi connectivity index (χ3v) is 2.83. The van der Waals surface area contributed by atoms with Crippen LogP contribution in [0, 0.1) is 5.92 Å². The van der Waals surface area contributed by atoms with E-state index in [0.29, 0.717) is 6.10 Å². The first kappa shape index (κ1) is 7.56. The molecule has 2 rings (SSSR count). The van der Waals surface area contributed by atoms with Crippen molar-refractivity contribution in [2.45, 2.75) is 44.9 Å². The molecule has 2 nitrogen and oxygen atoms in total. The van der Waals surface area contributed by atoms with Gasteiger partial charge in [-0.15, -0.1) is 0 Å². The molecule has 0 radical (unpaired) electrons. The molecular weight excluding hydrogens is 138 g/mol. The summed E-state index contributed by atoms with van der Waals surface area (Å²) in [6.07, 6.45) is 4.53. The van der Waals surface area contributed by atoms with Crippen LogP contribution in [0.15, 0.2) is 0 Å². The van der Waals surface area contributed by atoms with Crippen LogP contribution in [0.1, 0.15) is 33.1 Å². The van der Waals surface area contributed by atoms with Gasteiger partial charge < -0.3 is 4.74 Å². The second-order valence-electron chi connectivity index (χ2n) is 4.24. The lowest BCUT2D eigenvalue weighted by Gasteiger charge is -2.39. The number of hydrogen-bond donors (Lipinski definition) is 1. The van der Waals surface area contributed by atoms with Crippen molar-refractivity contribution in [1.82, 2.24) is 5.32 Å². The van der Waals surface area contributed by atoms with E-state index in [0.717, 1.165) is 12.5 Å². The first-order valence-electron chi connectivity index (χ1n) is 4.60. The van der Waals surface area contributed by atoms with Crippen LogP contribution in [0.5, 0.6) is 0 Å². The standard InChI is InChI=1S/C9H17NO/c1-9(2)10-6-7-4-3-5-8(7)11-9/h7-8,10H,3-6H2,1-2H3. The van der Waals surface area contributed by atoms with E-state index in [2.05, 4.69) is 19.2 Å². The lowest BCUT2D eigenvalue weighted by Crippen LogP contribution is -2.53. The van der Waals surface area contributed by atoms with Gasteiger partial charge in [0.05, 0.1) is 6.10 Å². The Labute approximate surface area is 68.3 Å². The fourth-order valence-electron chi connectivity index (χ4n) is 2.19. The summed E-state index contributed by atoms with van der Waals surface area (Å²) >= 11 is 0. The van der Waals surface area contributed by atoms with E-state index in [1.807, 2.05) is 0 Å². The van der Waals surface area contributed by atoms with Crippen molar-refractivity contribution >= 4 is 0 Å². The minimum absolute atomic E-state index is 0.0779. The maximum Gasteiger partial charge on any atom is 0.113 e. The Bertz CT molecular complexity index is 156. The summed E-state index contributed by atoms with van der Waals surface area (Å²) in [5.41, 5.74) is -0.0779. The van der Waals surface area contributed by atoms with Crippen molar-refractivity contribution in [3.63, 3.8) is 0 Å². The number of fused-ring (bicyclic) bond motifs is 1. The molecule has 2 unspecified atom stereocenters. The molecule has 1 heterocycles. The highest BCUT2D eigenvalue weighted by atomic mass is 16.5. The van der Waals surface area contributed by atoms with E-state index in [-0.39, 0.29) is 5.72 Å². The molecule has 0 aromatic heterocycles. The van der Waals surface area contributed by atoms with Crippen molar-refractivity contribution in [3.8, 4) is 0 Å². The Morgan fingerprint density at radius 3 is 3.00 bits per heavy atom. The van der Waals surface area contributed by atoms with Crippen molar-refractivity contribution in [2.24, 2.45) is 5.92 Å². The Kier molecular flexibility index (Phi) is 1.69. The third-order valence-electron chi connectivity index (χ3n) is 2.83. The first-order chi connectivity index (χ1) is 5.17. The molecule has 0 amide bonds. The molecule has 0 spiro atoms. The monoisotopic (exact) mass is 155 g/mol. The summed E-state index contributed by atoms with van der Waals surface area (Å²) in [6, 6.07) is 0. The van der Waals surface area contributed by atoms with Gasteiger partial charge >= 0.3 is 0 Å². The second-order valence-corrected chi connectivity index (χ2v) is 4.24. The summed E-state index contributed by atoms with van der Waals surface area (Å²) in [5, 5.41) is 3.41. The van der Waals surface area contributed by atoms with Crippen molar-refractivity contribution in [3.05, 3.63) is 0 Å². The lowest BCUT2D eigenvalue weighted by molar-refractivity contribution is -0.135. The maximum atomic E-state index is 5.89. The zero-order valence-electron chi connectivity index (χ0n) is 7.39. The predicted molar refractivity (Wildman–Crippen MR) is 44.3 cm³/mol. The van der Waals surface area contributed by atoms with Crippen LogP contribution in [0.4, 0.5) is 0 Å². The molecule has 2 atom stereocenters. The average Bonchev–Trinajstić information content (AvgIpc) is 2.31. The average molecular weight is 155 g/mol. The van der Waals surface area contributed by atoms with E-state index >= 15 is 0 Å². The molecular formula is C9H17NO. The molecule has 0 aromatic rings. The van der Waals surface area contributed by atoms with Crippen LogP contribution in [0.3, 0.4) is 0 Å². The van der Waals surface area contributed by atoms with E-state index < -0.39 is 0 Å². The minimum atomic E-state index is -0.0779. The number of hydrogen-bond acceptors (Lipinski definition) is 2. The predicted octanol–water partition coefficient (Wildman–Crippen LogP) is 1.51. The molecule has 1 saturated carbocycles. The van der Waals surface area contributed by atoms with Gasteiger partial charge in [-0.05, 0) is 32.6 Å². The molecule has 11 heavy (non-hydrogen) atoms.